The number of hydrogen-bond donors (Lipinski definition) is 0. The first-order valence-electron chi connectivity index (χ1n) is 7.80. The Bertz CT molecular complexity index is 690. The van der Waals surface area contributed by atoms with Crippen molar-refractivity contribution in [3.05, 3.63) is 41.4 Å². The van der Waals surface area contributed by atoms with E-state index in [1.54, 1.807) is 0 Å². The van der Waals surface area contributed by atoms with E-state index in [2.05, 4.69) is 53.7 Å². The first-order valence-corrected chi connectivity index (χ1v) is 7.80. The first kappa shape index (κ1) is 14.2. The van der Waals surface area contributed by atoms with E-state index in [1.165, 1.54) is 35.7 Å². The van der Waals surface area contributed by atoms with Crippen LogP contribution >= 0.6 is 0 Å². The molecule has 1 aromatic heterocycles. The first-order chi connectivity index (χ1) is 10.1. The minimum absolute atomic E-state index is 0.633. The lowest BCUT2D eigenvalue weighted by molar-refractivity contribution is 0.297. The van der Waals surface area contributed by atoms with Gasteiger partial charge in [0.05, 0.1) is 6.57 Å². The highest BCUT2D eigenvalue weighted by atomic mass is 15.1. The lowest BCUT2D eigenvalue weighted by Crippen LogP contribution is -2.24. The zero-order chi connectivity index (χ0) is 15.0. The van der Waals surface area contributed by atoms with Gasteiger partial charge < -0.3 is 9.47 Å². The largest absolute Gasteiger partial charge is 0.348 e. The molecule has 21 heavy (non-hydrogen) atoms. The molecular weight excluding hydrogens is 258 g/mol. The smallest absolute Gasteiger partial charge is 0.187 e. The molecule has 0 unspecified atom stereocenters. The van der Waals surface area contributed by atoms with E-state index in [1.807, 2.05) is 6.07 Å². The predicted molar refractivity (Wildman–Crippen MR) is 87.9 cm³/mol. The molecule has 3 rings (SSSR count). The summed E-state index contributed by atoms with van der Waals surface area (Å²) in [7, 11) is 4.36. The van der Waals surface area contributed by atoms with Gasteiger partial charge in [0.15, 0.2) is 5.69 Å². The summed E-state index contributed by atoms with van der Waals surface area (Å²) in [5.41, 5.74) is 3.47. The zero-order valence-electron chi connectivity index (χ0n) is 13.1. The topological polar surface area (TPSA) is 12.5 Å². The number of benzene rings is 1. The Morgan fingerprint density at radius 2 is 2.14 bits per heavy atom. The number of nitrogens with zero attached hydrogens (tertiary/aromatic N) is 3. The minimum Gasteiger partial charge on any atom is -0.348 e. The van der Waals surface area contributed by atoms with Crippen molar-refractivity contribution in [2.24, 2.45) is 0 Å². The van der Waals surface area contributed by atoms with Crippen LogP contribution in [0.25, 0.3) is 15.7 Å². The van der Waals surface area contributed by atoms with Gasteiger partial charge in [0.1, 0.15) is 0 Å². The normalized spacial score (nSPS) is 22.0. The zero-order valence-corrected chi connectivity index (χ0v) is 13.1. The van der Waals surface area contributed by atoms with Crippen molar-refractivity contribution in [2.75, 3.05) is 14.1 Å². The summed E-state index contributed by atoms with van der Waals surface area (Å²) in [4.78, 5) is 5.95. The van der Waals surface area contributed by atoms with E-state index in [9.17, 15) is 0 Å². The van der Waals surface area contributed by atoms with Crippen LogP contribution in [0.2, 0.25) is 0 Å². The summed E-state index contributed by atoms with van der Waals surface area (Å²) >= 11 is 0. The van der Waals surface area contributed by atoms with Crippen molar-refractivity contribution in [1.29, 1.82) is 0 Å². The van der Waals surface area contributed by atoms with Crippen molar-refractivity contribution in [1.82, 2.24) is 9.47 Å². The quantitative estimate of drug-likeness (QED) is 0.759. The molecule has 1 heterocycles. The van der Waals surface area contributed by atoms with Gasteiger partial charge in [-0.2, -0.15) is 0 Å². The second-order valence-electron chi connectivity index (χ2n) is 6.31. The monoisotopic (exact) mass is 281 g/mol. The lowest BCUT2D eigenvalue weighted by atomic mass is 9.96. The fourth-order valence-corrected chi connectivity index (χ4v) is 3.68. The van der Waals surface area contributed by atoms with Gasteiger partial charge in [0.2, 0.25) is 0 Å². The lowest BCUT2D eigenvalue weighted by Gasteiger charge is -2.18. The molecule has 3 heteroatoms. The van der Waals surface area contributed by atoms with Crippen molar-refractivity contribution in [3.8, 4) is 0 Å². The predicted octanol–water partition coefficient (Wildman–Crippen LogP) is 4.41. The summed E-state index contributed by atoms with van der Waals surface area (Å²) in [5, 5.41) is 1.29. The second-order valence-corrected chi connectivity index (χ2v) is 6.31. The third kappa shape index (κ3) is 2.45. The number of fused-ring (bicyclic) bond motifs is 1. The third-order valence-electron chi connectivity index (χ3n) is 4.94. The Labute approximate surface area is 127 Å². The van der Waals surface area contributed by atoms with Crippen LogP contribution in [0.3, 0.4) is 0 Å². The third-order valence-corrected chi connectivity index (χ3v) is 4.94. The Kier molecular flexibility index (Phi) is 3.73. The molecule has 0 N–H and O–H groups in total. The van der Waals surface area contributed by atoms with E-state index in [4.69, 9.17) is 6.57 Å². The van der Waals surface area contributed by atoms with E-state index >= 15 is 0 Å². The van der Waals surface area contributed by atoms with Crippen LogP contribution in [0.4, 0.5) is 5.69 Å². The Morgan fingerprint density at radius 1 is 1.33 bits per heavy atom. The highest BCUT2D eigenvalue weighted by Crippen LogP contribution is 2.40. The molecule has 1 aliphatic carbocycles. The van der Waals surface area contributed by atoms with Gasteiger partial charge >= 0.3 is 0 Å². The van der Waals surface area contributed by atoms with Crippen LogP contribution in [0.1, 0.15) is 37.7 Å². The molecule has 0 amide bonds. The molecule has 0 spiro atoms. The van der Waals surface area contributed by atoms with Crippen LogP contribution in [0, 0.1) is 6.57 Å². The maximum atomic E-state index is 7.25. The van der Waals surface area contributed by atoms with Crippen LogP contribution < -0.4 is 0 Å². The van der Waals surface area contributed by atoms with Gasteiger partial charge in [0, 0.05) is 24.3 Å². The van der Waals surface area contributed by atoms with E-state index in [-0.39, 0.29) is 0 Å². The van der Waals surface area contributed by atoms with Crippen LogP contribution in [0.15, 0.2) is 24.4 Å². The van der Waals surface area contributed by atoms with E-state index < -0.39 is 0 Å². The molecule has 2 atom stereocenters. The summed E-state index contributed by atoms with van der Waals surface area (Å²) in [5.74, 6) is 0.633. The van der Waals surface area contributed by atoms with E-state index in [0.717, 1.165) is 12.2 Å². The molecule has 1 fully saturated rings. The molecule has 0 radical (unpaired) electrons. The Morgan fingerprint density at radius 3 is 2.76 bits per heavy atom. The van der Waals surface area contributed by atoms with E-state index in [0.29, 0.717) is 12.0 Å². The standard InChI is InChI=1S/C18H23N3/c1-5-21-12-17(13-6-8-15(10-13)20(3)4)16-11-14(19-2)7-9-18(16)21/h7,9,11-13,15H,5-6,8,10H2,1,3-4H3/t13-,15+/m0/s1. The molecule has 2 aromatic rings. The van der Waals surface area contributed by atoms with Crippen LogP contribution in [0.5, 0.6) is 0 Å². The van der Waals surface area contributed by atoms with Crippen molar-refractivity contribution in [2.45, 2.75) is 44.7 Å². The highest BCUT2D eigenvalue weighted by molar-refractivity contribution is 5.88. The molecular formula is C18H23N3. The Balaban J connectivity index is 2.04. The number of rotatable bonds is 3. The van der Waals surface area contributed by atoms with Gasteiger partial charge in [0.25, 0.3) is 0 Å². The molecule has 1 saturated carbocycles. The number of aromatic nitrogens is 1. The van der Waals surface area contributed by atoms with Crippen molar-refractivity contribution >= 4 is 16.6 Å². The summed E-state index contributed by atoms with van der Waals surface area (Å²) in [6.07, 6.45) is 6.09. The molecule has 3 nitrogen and oxygen atoms in total. The van der Waals surface area contributed by atoms with Gasteiger partial charge in [-0.3, -0.25) is 0 Å². The molecule has 0 aliphatic heterocycles. The number of aryl methyl sites for hydroxylation is 1. The molecule has 0 bridgehead atoms. The van der Waals surface area contributed by atoms with Crippen LogP contribution in [-0.2, 0) is 6.54 Å². The second kappa shape index (κ2) is 5.54. The molecule has 1 aliphatic rings. The maximum absolute atomic E-state index is 7.25. The van der Waals surface area contributed by atoms with Gasteiger partial charge in [-0.1, -0.05) is 6.07 Å². The molecule has 110 valence electrons. The SMILES string of the molecule is [C-]#[N+]c1ccc2c(c1)c([C@H]1CC[C@@H](N(C)C)C1)cn2CC. The average molecular weight is 281 g/mol. The average Bonchev–Trinajstić information content (AvgIpc) is 3.10. The molecule has 1 aromatic carbocycles. The minimum atomic E-state index is 0.633. The van der Waals surface area contributed by atoms with Gasteiger partial charge in [-0.25, -0.2) is 4.85 Å². The number of hydrogen-bond acceptors (Lipinski definition) is 1. The maximum Gasteiger partial charge on any atom is 0.187 e. The fraction of sp³-hybridized carbons (Fsp3) is 0.500. The van der Waals surface area contributed by atoms with Crippen LogP contribution in [-0.4, -0.2) is 29.6 Å². The molecule has 0 saturated heterocycles. The van der Waals surface area contributed by atoms with Crippen molar-refractivity contribution < 1.29 is 0 Å². The summed E-state index contributed by atoms with van der Waals surface area (Å²) in [6, 6.07) is 6.81. The fourth-order valence-electron chi connectivity index (χ4n) is 3.68. The van der Waals surface area contributed by atoms with Crippen molar-refractivity contribution in [3.63, 3.8) is 0 Å². The summed E-state index contributed by atoms with van der Waals surface area (Å²) in [6.45, 7) is 10.4. The Hall–Kier alpha value is -1.79. The highest BCUT2D eigenvalue weighted by Gasteiger charge is 2.29. The van der Waals surface area contributed by atoms with Gasteiger partial charge in [-0.15, -0.1) is 0 Å². The summed E-state index contributed by atoms with van der Waals surface area (Å²) < 4.78 is 2.32. The van der Waals surface area contributed by atoms with Gasteiger partial charge in [-0.05, 0) is 69.3 Å².